The minimum Gasteiger partial charge on any atom is -0.399 e. The largest absolute Gasteiger partial charge is 0.399 e. The zero-order valence-electron chi connectivity index (χ0n) is 15.5. The molecule has 0 saturated carbocycles. The van der Waals surface area contributed by atoms with Gasteiger partial charge in [-0.15, -0.1) is 24.8 Å². The molecule has 1 unspecified atom stereocenters. The van der Waals surface area contributed by atoms with Crippen molar-refractivity contribution in [2.24, 2.45) is 7.05 Å². The Bertz CT molecular complexity index is 773. The second kappa shape index (κ2) is 9.28. The fourth-order valence-electron chi connectivity index (χ4n) is 3.67. The summed E-state index contributed by atoms with van der Waals surface area (Å²) in [6.07, 6.45) is 4.35. The number of amides is 1. The van der Waals surface area contributed by atoms with Crippen molar-refractivity contribution in [3.63, 3.8) is 0 Å². The van der Waals surface area contributed by atoms with Crippen LogP contribution in [-0.4, -0.2) is 15.7 Å². The Kier molecular flexibility index (Phi) is 7.97. The van der Waals surface area contributed by atoms with Crippen molar-refractivity contribution >= 4 is 36.4 Å². The van der Waals surface area contributed by atoms with E-state index in [9.17, 15) is 4.79 Å². The third-order valence-corrected chi connectivity index (χ3v) is 5.08. The van der Waals surface area contributed by atoms with Crippen LogP contribution in [0.3, 0.4) is 0 Å². The predicted molar refractivity (Wildman–Crippen MR) is 110 cm³/mol. The van der Waals surface area contributed by atoms with E-state index in [2.05, 4.69) is 23.4 Å². The number of aryl methyl sites for hydroxylation is 3. The van der Waals surface area contributed by atoms with Gasteiger partial charge in [0, 0.05) is 24.8 Å². The standard InChI is InChI=1S/C19H26N4O.2ClH/c1-12-16(13(2)23(3)22-12)9-10-19(24)21-18-6-4-5-14-11-15(20)7-8-17(14)18;;/h7-8,11,18H,4-6,9-10,20H2,1-3H3,(H,21,24);2*1H. The number of nitrogen functional groups attached to an aromatic ring is 1. The van der Waals surface area contributed by atoms with Crippen LogP contribution >= 0.6 is 24.8 Å². The first-order chi connectivity index (χ1) is 11.5. The molecule has 144 valence electrons. The van der Waals surface area contributed by atoms with E-state index in [-0.39, 0.29) is 36.8 Å². The number of fused-ring (bicyclic) bond motifs is 1. The average molecular weight is 399 g/mol. The van der Waals surface area contributed by atoms with Gasteiger partial charge in [-0.1, -0.05) is 6.07 Å². The number of benzene rings is 1. The van der Waals surface area contributed by atoms with E-state index in [1.165, 1.54) is 16.7 Å². The molecule has 1 aromatic carbocycles. The first-order valence-corrected chi connectivity index (χ1v) is 8.62. The van der Waals surface area contributed by atoms with Crippen molar-refractivity contribution in [2.45, 2.75) is 52.0 Å². The molecule has 0 spiro atoms. The van der Waals surface area contributed by atoms with Crippen LogP contribution in [0.1, 0.15) is 53.4 Å². The van der Waals surface area contributed by atoms with Crippen molar-refractivity contribution in [1.29, 1.82) is 0 Å². The van der Waals surface area contributed by atoms with Crippen LogP contribution in [0.5, 0.6) is 0 Å². The predicted octanol–water partition coefficient (Wildman–Crippen LogP) is 3.59. The number of halogens is 2. The molecule has 0 aliphatic heterocycles. The van der Waals surface area contributed by atoms with Crippen LogP contribution in [0, 0.1) is 13.8 Å². The summed E-state index contributed by atoms with van der Waals surface area (Å²) >= 11 is 0. The summed E-state index contributed by atoms with van der Waals surface area (Å²) in [5.74, 6) is 0.104. The number of nitrogens with one attached hydrogen (secondary N) is 1. The quantitative estimate of drug-likeness (QED) is 0.772. The molecule has 5 nitrogen and oxygen atoms in total. The molecule has 1 aliphatic carbocycles. The molecule has 3 rings (SSSR count). The van der Waals surface area contributed by atoms with E-state index >= 15 is 0 Å². The molecule has 1 amide bonds. The van der Waals surface area contributed by atoms with Gasteiger partial charge in [-0.05, 0) is 68.4 Å². The monoisotopic (exact) mass is 398 g/mol. The van der Waals surface area contributed by atoms with E-state index in [0.29, 0.717) is 6.42 Å². The van der Waals surface area contributed by atoms with E-state index in [0.717, 1.165) is 42.8 Å². The fourth-order valence-corrected chi connectivity index (χ4v) is 3.67. The van der Waals surface area contributed by atoms with Gasteiger partial charge < -0.3 is 11.1 Å². The number of hydrogen-bond donors (Lipinski definition) is 2. The molecule has 3 N–H and O–H groups in total. The highest BCUT2D eigenvalue weighted by molar-refractivity contribution is 5.85. The first-order valence-electron chi connectivity index (χ1n) is 8.62. The van der Waals surface area contributed by atoms with Crippen LogP contribution in [0.25, 0.3) is 0 Å². The number of nitrogens with zero attached hydrogens (tertiary/aromatic N) is 2. The van der Waals surface area contributed by atoms with Crippen LogP contribution < -0.4 is 11.1 Å². The molecule has 0 radical (unpaired) electrons. The zero-order valence-corrected chi connectivity index (χ0v) is 17.2. The summed E-state index contributed by atoms with van der Waals surface area (Å²) in [5, 5.41) is 7.62. The average Bonchev–Trinajstić information content (AvgIpc) is 2.78. The van der Waals surface area contributed by atoms with Gasteiger partial charge in [-0.3, -0.25) is 9.48 Å². The van der Waals surface area contributed by atoms with Crippen molar-refractivity contribution in [1.82, 2.24) is 15.1 Å². The molecule has 7 heteroatoms. The maximum Gasteiger partial charge on any atom is 0.220 e. The number of rotatable bonds is 4. The highest BCUT2D eigenvalue weighted by atomic mass is 35.5. The molecule has 1 aliphatic rings. The van der Waals surface area contributed by atoms with Gasteiger partial charge in [0.25, 0.3) is 0 Å². The van der Waals surface area contributed by atoms with Crippen LogP contribution in [-0.2, 0) is 24.7 Å². The lowest BCUT2D eigenvalue weighted by Gasteiger charge is -2.26. The van der Waals surface area contributed by atoms with Gasteiger partial charge >= 0.3 is 0 Å². The maximum atomic E-state index is 12.4. The number of carbonyl (C=O) groups excluding carboxylic acids is 1. The SMILES string of the molecule is Cc1nn(C)c(C)c1CCC(=O)NC1CCCc2cc(N)ccc21.Cl.Cl. The maximum absolute atomic E-state index is 12.4. The van der Waals surface area contributed by atoms with E-state index in [1.807, 2.05) is 30.8 Å². The van der Waals surface area contributed by atoms with Gasteiger partial charge in [0.05, 0.1) is 11.7 Å². The lowest BCUT2D eigenvalue weighted by molar-refractivity contribution is -0.121. The number of carbonyl (C=O) groups is 1. The molecule has 1 heterocycles. The highest BCUT2D eigenvalue weighted by Gasteiger charge is 2.22. The summed E-state index contributed by atoms with van der Waals surface area (Å²) in [6.45, 7) is 4.05. The zero-order chi connectivity index (χ0) is 17.3. The fraction of sp³-hybridized carbons (Fsp3) is 0.474. The molecular formula is C19H28Cl2N4O. The Labute approximate surface area is 167 Å². The Morgan fingerprint density at radius 1 is 1.35 bits per heavy atom. The molecule has 1 aromatic heterocycles. The number of nitrogens with two attached hydrogens (primary N) is 1. The highest BCUT2D eigenvalue weighted by Crippen LogP contribution is 2.31. The molecule has 26 heavy (non-hydrogen) atoms. The van der Waals surface area contributed by atoms with Crippen molar-refractivity contribution < 1.29 is 4.79 Å². The van der Waals surface area contributed by atoms with Crippen LogP contribution in [0.4, 0.5) is 5.69 Å². The minimum atomic E-state index is 0. The third-order valence-electron chi connectivity index (χ3n) is 5.08. The summed E-state index contributed by atoms with van der Waals surface area (Å²) in [4.78, 5) is 12.4. The number of hydrogen-bond acceptors (Lipinski definition) is 3. The van der Waals surface area contributed by atoms with Gasteiger partial charge in [0.2, 0.25) is 5.91 Å². The third kappa shape index (κ3) is 4.71. The normalized spacial score (nSPS) is 15.4. The molecule has 0 fully saturated rings. The smallest absolute Gasteiger partial charge is 0.220 e. The molecule has 0 saturated heterocycles. The lowest BCUT2D eigenvalue weighted by Crippen LogP contribution is -2.31. The van der Waals surface area contributed by atoms with Crippen LogP contribution in [0.15, 0.2) is 18.2 Å². The summed E-state index contributed by atoms with van der Waals surface area (Å²) in [5.41, 5.74) is 12.5. The van der Waals surface area contributed by atoms with E-state index < -0.39 is 0 Å². The van der Waals surface area contributed by atoms with Gasteiger partial charge in [-0.25, -0.2) is 0 Å². The van der Waals surface area contributed by atoms with Crippen molar-refractivity contribution in [3.8, 4) is 0 Å². The summed E-state index contributed by atoms with van der Waals surface area (Å²) < 4.78 is 1.88. The second-order valence-corrected chi connectivity index (χ2v) is 6.74. The van der Waals surface area contributed by atoms with Crippen molar-refractivity contribution in [2.75, 3.05) is 5.73 Å². The minimum absolute atomic E-state index is 0. The number of aromatic nitrogens is 2. The Morgan fingerprint density at radius 3 is 2.73 bits per heavy atom. The number of anilines is 1. The Balaban J connectivity index is 0.00000169. The topological polar surface area (TPSA) is 72.9 Å². The van der Waals surface area contributed by atoms with E-state index in [1.54, 1.807) is 0 Å². The van der Waals surface area contributed by atoms with Gasteiger partial charge in [0.1, 0.15) is 0 Å². The molecule has 2 aromatic rings. The Morgan fingerprint density at radius 2 is 2.08 bits per heavy atom. The van der Waals surface area contributed by atoms with Crippen molar-refractivity contribution in [3.05, 3.63) is 46.3 Å². The summed E-state index contributed by atoms with van der Waals surface area (Å²) in [7, 11) is 1.94. The van der Waals surface area contributed by atoms with Gasteiger partial charge in [-0.2, -0.15) is 5.10 Å². The first kappa shape index (κ1) is 22.3. The van der Waals surface area contributed by atoms with Gasteiger partial charge in [0.15, 0.2) is 0 Å². The Hall–Kier alpha value is -1.72. The molecular weight excluding hydrogens is 371 g/mol. The second-order valence-electron chi connectivity index (χ2n) is 6.74. The van der Waals surface area contributed by atoms with E-state index in [4.69, 9.17) is 5.73 Å². The lowest BCUT2D eigenvalue weighted by atomic mass is 9.87. The molecule has 0 bridgehead atoms. The molecule has 1 atom stereocenters. The summed E-state index contributed by atoms with van der Waals surface area (Å²) in [6, 6.07) is 6.13. The van der Waals surface area contributed by atoms with Crippen LogP contribution in [0.2, 0.25) is 0 Å².